The molecular formula is C15H17FN4O. The van der Waals surface area contributed by atoms with Crippen LogP contribution in [0.15, 0.2) is 18.2 Å². The zero-order valence-electron chi connectivity index (χ0n) is 11.7. The van der Waals surface area contributed by atoms with Gasteiger partial charge in [0, 0.05) is 25.1 Å². The van der Waals surface area contributed by atoms with E-state index in [0.29, 0.717) is 11.4 Å². The van der Waals surface area contributed by atoms with E-state index in [1.165, 1.54) is 12.1 Å². The van der Waals surface area contributed by atoms with Gasteiger partial charge in [-0.2, -0.15) is 0 Å². The molecule has 1 aliphatic heterocycles. The Labute approximate surface area is 121 Å². The number of piperidine rings is 1. The van der Waals surface area contributed by atoms with E-state index in [1.54, 1.807) is 6.07 Å². The first kappa shape index (κ1) is 12.7. The number of hydrogen-bond donors (Lipinski definition) is 0. The lowest BCUT2D eigenvalue weighted by molar-refractivity contribution is -0.133. The number of carbonyl (C=O) groups excluding carboxylic acids is 1. The summed E-state index contributed by atoms with van der Waals surface area (Å²) >= 11 is 0. The minimum Gasteiger partial charge on any atom is -0.342 e. The third kappa shape index (κ3) is 2.28. The molecule has 2 fully saturated rings. The smallest absolute Gasteiger partial charge is 0.225 e. The van der Waals surface area contributed by atoms with Crippen LogP contribution in [0.1, 0.15) is 31.7 Å². The van der Waals surface area contributed by atoms with E-state index >= 15 is 0 Å². The molecule has 6 heteroatoms. The van der Waals surface area contributed by atoms with Gasteiger partial charge in [0.25, 0.3) is 0 Å². The minimum absolute atomic E-state index is 0.240. The third-order valence-corrected chi connectivity index (χ3v) is 4.48. The topological polar surface area (TPSA) is 51.0 Å². The van der Waals surface area contributed by atoms with Crippen LogP contribution in [0.3, 0.4) is 0 Å². The Bertz CT molecular complexity index is 686. The van der Waals surface area contributed by atoms with Crippen molar-refractivity contribution in [1.29, 1.82) is 0 Å². The highest BCUT2D eigenvalue weighted by Gasteiger charge is 2.35. The number of likely N-dealkylation sites (tertiary alicyclic amines) is 1. The van der Waals surface area contributed by atoms with Gasteiger partial charge in [-0.25, -0.2) is 9.07 Å². The van der Waals surface area contributed by atoms with Gasteiger partial charge in [0.2, 0.25) is 5.91 Å². The van der Waals surface area contributed by atoms with Crippen LogP contribution in [0, 0.1) is 11.7 Å². The van der Waals surface area contributed by atoms with E-state index in [-0.39, 0.29) is 17.8 Å². The molecule has 0 spiro atoms. The summed E-state index contributed by atoms with van der Waals surface area (Å²) in [7, 11) is 0. The highest BCUT2D eigenvalue weighted by atomic mass is 19.1. The Kier molecular flexibility index (Phi) is 2.90. The number of hydrogen-bond acceptors (Lipinski definition) is 3. The molecule has 2 aromatic rings. The van der Waals surface area contributed by atoms with Gasteiger partial charge in [0.15, 0.2) is 0 Å². The van der Waals surface area contributed by atoms with Crippen LogP contribution >= 0.6 is 0 Å². The van der Waals surface area contributed by atoms with E-state index in [4.69, 9.17) is 0 Å². The first-order valence-corrected chi connectivity index (χ1v) is 7.51. The molecule has 0 unspecified atom stereocenters. The van der Waals surface area contributed by atoms with Crippen molar-refractivity contribution in [1.82, 2.24) is 19.9 Å². The summed E-state index contributed by atoms with van der Waals surface area (Å²) in [6.07, 6.45) is 3.87. The van der Waals surface area contributed by atoms with Crippen molar-refractivity contribution >= 4 is 16.9 Å². The van der Waals surface area contributed by atoms with Crippen LogP contribution in [0.4, 0.5) is 4.39 Å². The van der Waals surface area contributed by atoms with E-state index in [2.05, 4.69) is 10.3 Å². The lowest BCUT2D eigenvalue weighted by Gasteiger charge is -2.32. The van der Waals surface area contributed by atoms with Gasteiger partial charge in [-0.1, -0.05) is 5.21 Å². The van der Waals surface area contributed by atoms with Crippen LogP contribution in [-0.4, -0.2) is 38.9 Å². The van der Waals surface area contributed by atoms with E-state index < -0.39 is 0 Å². The second-order valence-electron chi connectivity index (χ2n) is 6.00. The Morgan fingerprint density at radius 1 is 1.19 bits per heavy atom. The van der Waals surface area contributed by atoms with Gasteiger partial charge in [-0.3, -0.25) is 4.79 Å². The second-order valence-corrected chi connectivity index (χ2v) is 6.00. The fraction of sp³-hybridized carbons (Fsp3) is 0.533. The quantitative estimate of drug-likeness (QED) is 0.850. The van der Waals surface area contributed by atoms with Gasteiger partial charge in [-0.15, -0.1) is 5.10 Å². The highest BCUT2D eigenvalue weighted by Crippen LogP contribution is 2.33. The third-order valence-electron chi connectivity index (χ3n) is 4.48. The molecule has 0 radical (unpaired) electrons. The molecule has 1 aromatic carbocycles. The predicted molar refractivity (Wildman–Crippen MR) is 75.1 cm³/mol. The van der Waals surface area contributed by atoms with E-state index in [9.17, 15) is 9.18 Å². The first-order chi connectivity index (χ1) is 10.2. The van der Waals surface area contributed by atoms with Crippen LogP contribution < -0.4 is 0 Å². The van der Waals surface area contributed by atoms with Crippen molar-refractivity contribution in [2.75, 3.05) is 13.1 Å². The summed E-state index contributed by atoms with van der Waals surface area (Å²) in [5, 5.41) is 8.21. The van der Waals surface area contributed by atoms with Crippen molar-refractivity contribution < 1.29 is 9.18 Å². The summed E-state index contributed by atoms with van der Waals surface area (Å²) in [5.74, 6) is 0.315. The number of halogens is 1. The number of fused-ring (bicyclic) bond motifs is 1. The normalized spacial score (nSPS) is 20.1. The van der Waals surface area contributed by atoms with Gasteiger partial charge in [-0.05, 0) is 37.8 Å². The van der Waals surface area contributed by atoms with E-state index in [0.717, 1.165) is 44.3 Å². The average molecular weight is 288 g/mol. The van der Waals surface area contributed by atoms with Crippen molar-refractivity contribution in [2.45, 2.75) is 31.7 Å². The molecule has 2 aliphatic rings. The maximum absolute atomic E-state index is 13.2. The Morgan fingerprint density at radius 3 is 2.67 bits per heavy atom. The van der Waals surface area contributed by atoms with Crippen molar-refractivity contribution in [2.24, 2.45) is 5.92 Å². The predicted octanol–water partition coefficient (Wildman–Crippen LogP) is 2.14. The molecule has 0 N–H and O–H groups in total. The SMILES string of the molecule is O=C(C1CC1)N1CCC(n2nnc3cc(F)ccc32)CC1. The molecular weight excluding hydrogens is 271 g/mol. The van der Waals surface area contributed by atoms with Crippen LogP contribution in [0.2, 0.25) is 0 Å². The second kappa shape index (κ2) is 4.79. The number of benzene rings is 1. The average Bonchev–Trinajstić information content (AvgIpc) is 3.27. The molecule has 0 atom stereocenters. The van der Waals surface area contributed by atoms with Crippen molar-refractivity contribution in [3.05, 3.63) is 24.0 Å². The molecule has 1 saturated heterocycles. The molecule has 21 heavy (non-hydrogen) atoms. The van der Waals surface area contributed by atoms with Crippen molar-refractivity contribution in [3.63, 3.8) is 0 Å². The number of rotatable bonds is 2. The standard InChI is InChI=1S/C15H17FN4O/c16-11-3-4-14-13(9-11)17-18-20(14)12-5-7-19(8-6-12)15(21)10-1-2-10/h3-4,9-10,12H,1-2,5-8H2. The monoisotopic (exact) mass is 288 g/mol. The molecule has 2 heterocycles. The summed E-state index contributed by atoms with van der Waals surface area (Å²) in [5.41, 5.74) is 1.45. The van der Waals surface area contributed by atoms with E-state index in [1.807, 2.05) is 9.58 Å². The lowest BCUT2D eigenvalue weighted by Crippen LogP contribution is -2.40. The molecule has 1 aliphatic carbocycles. The summed E-state index contributed by atoms with van der Waals surface area (Å²) in [6, 6.07) is 4.81. The number of nitrogens with zero attached hydrogens (tertiary/aromatic N) is 4. The molecule has 1 aromatic heterocycles. The molecule has 4 rings (SSSR count). The zero-order chi connectivity index (χ0) is 14.4. The molecule has 1 amide bonds. The van der Waals surface area contributed by atoms with Crippen LogP contribution in [-0.2, 0) is 4.79 Å². The largest absolute Gasteiger partial charge is 0.342 e. The summed E-state index contributed by atoms with van der Waals surface area (Å²) in [6.45, 7) is 1.56. The Hall–Kier alpha value is -1.98. The van der Waals surface area contributed by atoms with Gasteiger partial charge in [0.05, 0.1) is 11.6 Å². The Balaban J connectivity index is 1.50. The summed E-state index contributed by atoms with van der Waals surface area (Å²) < 4.78 is 15.1. The van der Waals surface area contributed by atoms with Crippen molar-refractivity contribution in [3.8, 4) is 0 Å². The number of carbonyl (C=O) groups is 1. The van der Waals surface area contributed by atoms with Gasteiger partial charge < -0.3 is 4.90 Å². The van der Waals surface area contributed by atoms with Crippen LogP contribution in [0.25, 0.3) is 11.0 Å². The lowest BCUT2D eigenvalue weighted by atomic mass is 10.0. The molecule has 5 nitrogen and oxygen atoms in total. The maximum Gasteiger partial charge on any atom is 0.225 e. The fourth-order valence-corrected chi connectivity index (χ4v) is 3.10. The zero-order valence-corrected chi connectivity index (χ0v) is 11.7. The van der Waals surface area contributed by atoms with Gasteiger partial charge in [0.1, 0.15) is 11.3 Å². The first-order valence-electron chi connectivity index (χ1n) is 7.51. The van der Waals surface area contributed by atoms with Crippen LogP contribution in [0.5, 0.6) is 0 Å². The molecule has 0 bridgehead atoms. The minimum atomic E-state index is -0.292. The maximum atomic E-state index is 13.2. The fourth-order valence-electron chi connectivity index (χ4n) is 3.10. The molecule has 1 saturated carbocycles. The number of amides is 1. The van der Waals surface area contributed by atoms with Gasteiger partial charge >= 0.3 is 0 Å². The Morgan fingerprint density at radius 2 is 1.95 bits per heavy atom. The number of aromatic nitrogens is 3. The highest BCUT2D eigenvalue weighted by molar-refractivity contribution is 5.81. The molecule has 110 valence electrons. The summed E-state index contributed by atoms with van der Waals surface area (Å²) in [4.78, 5) is 14.0.